The molecule has 0 radical (unpaired) electrons. The number of rotatable bonds is 6. The number of hydrogen-bond donors (Lipinski definition) is 1. The average molecular weight is 413 g/mol. The van der Waals surface area contributed by atoms with E-state index < -0.39 is 17.9 Å². The molecule has 0 amide bonds. The summed E-state index contributed by atoms with van der Waals surface area (Å²) in [6.45, 7) is 0. The highest BCUT2D eigenvalue weighted by molar-refractivity contribution is 5.93. The van der Waals surface area contributed by atoms with Crippen molar-refractivity contribution in [1.29, 1.82) is 0 Å². The van der Waals surface area contributed by atoms with Crippen molar-refractivity contribution in [1.82, 2.24) is 0 Å². The van der Waals surface area contributed by atoms with E-state index in [1.54, 1.807) is 26.4 Å². The van der Waals surface area contributed by atoms with Crippen LogP contribution in [0.5, 0.6) is 17.2 Å². The maximum Gasteiger partial charge on any atom is 0.339 e. The highest BCUT2D eigenvalue weighted by Gasteiger charge is 2.36. The fourth-order valence-electron chi connectivity index (χ4n) is 3.38. The van der Waals surface area contributed by atoms with Gasteiger partial charge in [-0.2, -0.15) is 0 Å². The Bertz CT molecular complexity index is 990. The summed E-state index contributed by atoms with van der Waals surface area (Å²) in [6, 6.07) is 10.9. The van der Waals surface area contributed by atoms with Gasteiger partial charge in [-0.3, -0.25) is 4.79 Å². The zero-order valence-electron chi connectivity index (χ0n) is 17.2. The van der Waals surface area contributed by atoms with Gasteiger partial charge >= 0.3 is 11.9 Å². The summed E-state index contributed by atoms with van der Waals surface area (Å²) in [5.41, 5.74) is 8.31. The number of methoxy groups -OCH3 is 4. The average Bonchev–Trinajstić information content (AvgIpc) is 2.77. The number of carbonyl (C=O) groups excluding carboxylic acids is 2. The van der Waals surface area contributed by atoms with E-state index in [1.807, 2.05) is 24.3 Å². The van der Waals surface area contributed by atoms with Crippen LogP contribution in [-0.2, 0) is 19.1 Å². The zero-order valence-corrected chi connectivity index (χ0v) is 17.2. The molecule has 0 bridgehead atoms. The Kier molecular flexibility index (Phi) is 6.15. The summed E-state index contributed by atoms with van der Waals surface area (Å²) < 4.78 is 26.0. The van der Waals surface area contributed by atoms with Crippen molar-refractivity contribution in [3.63, 3.8) is 0 Å². The van der Waals surface area contributed by atoms with E-state index in [9.17, 15) is 9.59 Å². The number of nitrogens with two attached hydrogens (primary N) is 1. The third-order valence-corrected chi connectivity index (χ3v) is 4.91. The Labute approximate surface area is 174 Å². The molecule has 1 aliphatic rings. The van der Waals surface area contributed by atoms with Gasteiger partial charge in [-0.15, -0.1) is 0 Å². The van der Waals surface area contributed by atoms with E-state index in [0.29, 0.717) is 22.8 Å². The molecule has 0 fully saturated rings. The molecule has 30 heavy (non-hydrogen) atoms. The van der Waals surface area contributed by atoms with Crippen LogP contribution in [0.15, 0.2) is 47.9 Å². The molecule has 1 heterocycles. The molecular weight excluding hydrogens is 390 g/mol. The summed E-state index contributed by atoms with van der Waals surface area (Å²) in [5.74, 6) is -0.225. The lowest BCUT2D eigenvalue weighted by molar-refractivity contribution is -0.141. The van der Waals surface area contributed by atoms with Crippen LogP contribution in [-0.4, -0.2) is 40.4 Å². The van der Waals surface area contributed by atoms with Gasteiger partial charge in [-0.05, 0) is 35.4 Å². The van der Waals surface area contributed by atoms with Gasteiger partial charge in [0.2, 0.25) is 5.88 Å². The molecule has 3 rings (SSSR count). The van der Waals surface area contributed by atoms with Gasteiger partial charge in [0, 0.05) is 17.5 Å². The minimum atomic E-state index is -0.680. The summed E-state index contributed by atoms with van der Waals surface area (Å²) in [6.07, 6.45) is -0.0944. The van der Waals surface area contributed by atoms with E-state index >= 15 is 0 Å². The number of esters is 2. The van der Waals surface area contributed by atoms with Crippen molar-refractivity contribution < 1.29 is 33.3 Å². The van der Waals surface area contributed by atoms with E-state index in [-0.39, 0.29) is 17.9 Å². The summed E-state index contributed by atoms with van der Waals surface area (Å²) >= 11 is 0. The Hall–Kier alpha value is -3.68. The molecule has 2 aromatic carbocycles. The van der Waals surface area contributed by atoms with Gasteiger partial charge in [0.15, 0.2) is 0 Å². The van der Waals surface area contributed by atoms with Crippen molar-refractivity contribution in [3.8, 4) is 28.4 Å². The predicted molar refractivity (Wildman–Crippen MR) is 108 cm³/mol. The molecule has 1 aliphatic heterocycles. The van der Waals surface area contributed by atoms with Gasteiger partial charge in [0.05, 0.1) is 34.9 Å². The fourth-order valence-corrected chi connectivity index (χ4v) is 3.38. The third kappa shape index (κ3) is 4.03. The van der Waals surface area contributed by atoms with Crippen LogP contribution in [0.1, 0.15) is 17.9 Å². The van der Waals surface area contributed by atoms with Crippen LogP contribution in [0.25, 0.3) is 11.1 Å². The van der Waals surface area contributed by atoms with Gasteiger partial charge in [-0.1, -0.05) is 6.07 Å². The topological polar surface area (TPSA) is 106 Å². The maximum absolute atomic E-state index is 12.4. The monoisotopic (exact) mass is 413 g/mol. The Morgan fingerprint density at radius 3 is 2.17 bits per heavy atom. The van der Waals surface area contributed by atoms with E-state index in [2.05, 4.69) is 0 Å². The lowest BCUT2D eigenvalue weighted by atomic mass is 9.84. The molecule has 1 unspecified atom stereocenters. The predicted octanol–water partition coefficient (Wildman–Crippen LogP) is 2.75. The Balaban J connectivity index is 2.13. The SMILES string of the molecule is COC(=O)CC1C(C(=O)OC)=C(N)Oc2ccc(-c3cc(OC)cc(OC)c3)cc21. The summed E-state index contributed by atoms with van der Waals surface area (Å²) in [5, 5.41) is 0. The van der Waals surface area contributed by atoms with Gasteiger partial charge in [-0.25, -0.2) is 4.79 Å². The second-order valence-corrected chi connectivity index (χ2v) is 6.56. The van der Waals surface area contributed by atoms with Crippen molar-refractivity contribution >= 4 is 11.9 Å². The molecule has 2 N–H and O–H groups in total. The van der Waals surface area contributed by atoms with Gasteiger partial charge < -0.3 is 29.4 Å². The van der Waals surface area contributed by atoms with Crippen LogP contribution in [0.2, 0.25) is 0 Å². The van der Waals surface area contributed by atoms with Gasteiger partial charge in [0.25, 0.3) is 0 Å². The largest absolute Gasteiger partial charge is 0.497 e. The molecule has 158 valence electrons. The smallest absolute Gasteiger partial charge is 0.339 e. The minimum absolute atomic E-state index is 0.0794. The zero-order chi connectivity index (χ0) is 21.8. The van der Waals surface area contributed by atoms with Crippen LogP contribution in [0.4, 0.5) is 0 Å². The van der Waals surface area contributed by atoms with Crippen molar-refractivity contribution in [2.75, 3.05) is 28.4 Å². The third-order valence-electron chi connectivity index (χ3n) is 4.91. The Morgan fingerprint density at radius 1 is 0.933 bits per heavy atom. The first-order valence-electron chi connectivity index (χ1n) is 9.11. The van der Waals surface area contributed by atoms with Crippen molar-refractivity contribution in [2.24, 2.45) is 5.73 Å². The van der Waals surface area contributed by atoms with E-state index in [0.717, 1.165) is 11.1 Å². The standard InChI is InChI=1S/C22H23NO7/c1-26-14-7-13(8-15(10-14)27-2)12-5-6-18-16(9-12)17(11-19(24)28-3)20(21(23)30-18)22(25)29-4/h5-10,17H,11,23H2,1-4H3. The fraction of sp³-hybridized carbons (Fsp3) is 0.273. The first-order chi connectivity index (χ1) is 14.4. The number of carbonyl (C=O) groups is 2. The highest BCUT2D eigenvalue weighted by atomic mass is 16.5. The minimum Gasteiger partial charge on any atom is -0.497 e. The molecule has 0 saturated carbocycles. The van der Waals surface area contributed by atoms with E-state index in [4.69, 9.17) is 29.4 Å². The van der Waals surface area contributed by atoms with Gasteiger partial charge in [0.1, 0.15) is 22.8 Å². The first-order valence-corrected chi connectivity index (χ1v) is 9.11. The quantitative estimate of drug-likeness (QED) is 0.721. The van der Waals surface area contributed by atoms with Crippen molar-refractivity contribution in [3.05, 3.63) is 53.4 Å². The number of benzene rings is 2. The molecule has 2 aromatic rings. The van der Waals surface area contributed by atoms with Crippen LogP contribution in [0.3, 0.4) is 0 Å². The molecule has 8 nitrogen and oxygen atoms in total. The molecule has 0 saturated heterocycles. The molecular formula is C22H23NO7. The van der Waals surface area contributed by atoms with Crippen LogP contribution in [0, 0.1) is 0 Å². The second-order valence-electron chi connectivity index (χ2n) is 6.56. The maximum atomic E-state index is 12.4. The number of ether oxygens (including phenoxy) is 5. The van der Waals surface area contributed by atoms with E-state index in [1.165, 1.54) is 14.2 Å². The molecule has 0 spiro atoms. The molecule has 1 atom stereocenters. The molecule has 0 aromatic heterocycles. The molecule has 0 aliphatic carbocycles. The lowest BCUT2D eigenvalue weighted by Gasteiger charge is -2.27. The number of fused-ring (bicyclic) bond motifs is 1. The second kappa shape index (κ2) is 8.77. The molecule has 8 heteroatoms. The number of hydrogen-bond acceptors (Lipinski definition) is 8. The first kappa shape index (κ1) is 21.0. The lowest BCUT2D eigenvalue weighted by Crippen LogP contribution is -2.27. The Morgan fingerprint density at radius 2 is 1.60 bits per heavy atom. The summed E-state index contributed by atoms with van der Waals surface area (Å²) in [4.78, 5) is 24.4. The summed E-state index contributed by atoms with van der Waals surface area (Å²) in [7, 11) is 5.67. The van der Waals surface area contributed by atoms with Crippen LogP contribution < -0.4 is 19.9 Å². The van der Waals surface area contributed by atoms with Crippen LogP contribution >= 0.6 is 0 Å². The highest BCUT2D eigenvalue weighted by Crippen LogP contribution is 2.43. The van der Waals surface area contributed by atoms with Crippen molar-refractivity contribution in [2.45, 2.75) is 12.3 Å². The normalized spacial score (nSPS) is 15.0.